The highest BCUT2D eigenvalue weighted by molar-refractivity contribution is 9.10. The Morgan fingerprint density at radius 3 is 2.62 bits per heavy atom. The maximum Gasteiger partial charge on any atom is 0.344 e. The molecule has 0 saturated heterocycles. The molecule has 0 aromatic heterocycles. The van der Waals surface area contributed by atoms with E-state index in [9.17, 15) is 14.9 Å². The summed E-state index contributed by atoms with van der Waals surface area (Å²) < 4.78 is 5.07. The minimum atomic E-state index is -0.721. The van der Waals surface area contributed by atoms with Crippen molar-refractivity contribution >= 4 is 43.5 Å². The van der Waals surface area contributed by atoms with E-state index in [1.54, 1.807) is 6.07 Å². The van der Waals surface area contributed by atoms with Crippen LogP contribution in [0.5, 0.6) is 0 Å². The van der Waals surface area contributed by atoms with Gasteiger partial charge < -0.3 is 4.74 Å². The largest absolute Gasteiger partial charge is 0.465 e. The number of rotatable bonds is 3. The predicted octanol–water partition coefficient (Wildman–Crippen LogP) is 3.04. The molecule has 7 heteroatoms. The van der Waals surface area contributed by atoms with E-state index in [1.807, 2.05) is 0 Å². The molecular weight excluding hydrogens is 346 g/mol. The molecule has 0 heterocycles. The number of nitrogens with zero attached hydrogens (tertiary/aromatic N) is 1. The number of ether oxygens (including phenoxy) is 1. The van der Waals surface area contributed by atoms with Gasteiger partial charge in [-0.3, -0.25) is 10.1 Å². The Balaban J connectivity index is 3.51. The molecule has 5 nitrogen and oxygen atoms in total. The number of nitro groups is 1. The van der Waals surface area contributed by atoms with E-state index in [2.05, 4.69) is 36.6 Å². The quantitative estimate of drug-likeness (QED) is 0.363. The van der Waals surface area contributed by atoms with Crippen molar-refractivity contribution in [1.82, 2.24) is 0 Å². The first-order valence-corrected chi connectivity index (χ1v) is 6.04. The van der Waals surface area contributed by atoms with Crippen LogP contribution in [-0.2, 0) is 10.1 Å². The zero-order valence-electron chi connectivity index (χ0n) is 8.20. The molecule has 0 N–H and O–H groups in total. The third kappa shape index (κ3) is 2.41. The van der Waals surface area contributed by atoms with Gasteiger partial charge in [0.15, 0.2) is 0 Å². The summed E-state index contributed by atoms with van der Waals surface area (Å²) in [7, 11) is 1.18. The smallest absolute Gasteiger partial charge is 0.344 e. The fourth-order valence-electron chi connectivity index (χ4n) is 1.22. The Labute approximate surface area is 108 Å². The number of hydrogen-bond donors (Lipinski definition) is 0. The molecule has 0 atom stereocenters. The van der Waals surface area contributed by atoms with Gasteiger partial charge >= 0.3 is 5.97 Å². The molecule has 1 rings (SSSR count). The molecule has 0 amide bonds. The average molecular weight is 353 g/mol. The summed E-state index contributed by atoms with van der Waals surface area (Å²) in [5, 5.41) is 11.2. The zero-order valence-corrected chi connectivity index (χ0v) is 11.4. The van der Waals surface area contributed by atoms with Crippen LogP contribution in [0.4, 0.5) is 5.69 Å². The van der Waals surface area contributed by atoms with Crippen LogP contribution in [-0.4, -0.2) is 18.0 Å². The normalized spacial score (nSPS) is 9.94. The topological polar surface area (TPSA) is 69.4 Å². The molecule has 0 aliphatic carbocycles. The van der Waals surface area contributed by atoms with Gasteiger partial charge in [-0.1, -0.05) is 31.9 Å². The third-order valence-corrected chi connectivity index (χ3v) is 3.25. The number of benzene rings is 1. The summed E-state index contributed by atoms with van der Waals surface area (Å²) in [5.74, 6) is -0.721. The molecule has 16 heavy (non-hydrogen) atoms. The number of esters is 1. The second-order valence-corrected chi connectivity index (χ2v) is 4.22. The molecule has 0 aliphatic rings. The second-order valence-electron chi connectivity index (χ2n) is 2.80. The standard InChI is InChI=1S/C9H7Br2NO4/c1-16-9(13)5-2-3-7(11)6(4-10)8(5)12(14)15/h2-3H,4H2,1H3. The fraction of sp³-hybridized carbons (Fsp3) is 0.222. The molecule has 0 bridgehead atoms. The van der Waals surface area contributed by atoms with E-state index in [4.69, 9.17) is 0 Å². The maximum atomic E-state index is 11.4. The van der Waals surface area contributed by atoms with Gasteiger partial charge in [-0.05, 0) is 12.1 Å². The van der Waals surface area contributed by atoms with Crippen LogP contribution in [0.1, 0.15) is 15.9 Å². The zero-order chi connectivity index (χ0) is 12.3. The Morgan fingerprint density at radius 1 is 1.56 bits per heavy atom. The molecule has 0 radical (unpaired) electrons. The molecule has 86 valence electrons. The summed E-state index contributed by atoms with van der Waals surface area (Å²) in [6.07, 6.45) is 0. The van der Waals surface area contributed by atoms with Gasteiger partial charge in [0, 0.05) is 9.80 Å². The lowest BCUT2D eigenvalue weighted by atomic mass is 10.1. The van der Waals surface area contributed by atoms with E-state index in [1.165, 1.54) is 13.2 Å². The van der Waals surface area contributed by atoms with Gasteiger partial charge in [-0.2, -0.15) is 0 Å². The number of carbonyl (C=O) groups is 1. The Hall–Kier alpha value is -0.950. The van der Waals surface area contributed by atoms with Crippen LogP contribution >= 0.6 is 31.9 Å². The molecule has 1 aromatic rings. The second kappa shape index (κ2) is 5.40. The van der Waals surface area contributed by atoms with Crippen LogP contribution < -0.4 is 0 Å². The minimum absolute atomic E-state index is 0.0508. The number of alkyl halides is 1. The average Bonchev–Trinajstić information content (AvgIpc) is 2.27. The summed E-state index contributed by atoms with van der Waals surface area (Å²) >= 11 is 6.34. The van der Waals surface area contributed by atoms with Crippen LogP contribution in [0.3, 0.4) is 0 Å². The van der Waals surface area contributed by atoms with E-state index >= 15 is 0 Å². The van der Waals surface area contributed by atoms with Crippen molar-refractivity contribution in [3.8, 4) is 0 Å². The highest BCUT2D eigenvalue weighted by atomic mass is 79.9. The van der Waals surface area contributed by atoms with E-state index in [0.717, 1.165) is 0 Å². The van der Waals surface area contributed by atoms with Gasteiger partial charge in [0.1, 0.15) is 5.56 Å². The molecule has 0 aliphatic heterocycles. The predicted molar refractivity (Wildman–Crippen MR) is 64.8 cm³/mol. The SMILES string of the molecule is COC(=O)c1ccc(Br)c(CBr)c1[N+](=O)[O-]. The van der Waals surface area contributed by atoms with Gasteiger partial charge in [0.25, 0.3) is 5.69 Å². The third-order valence-electron chi connectivity index (χ3n) is 1.95. The highest BCUT2D eigenvalue weighted by Crippen LogP contribution is 2.32. The monoisotopic (exact) mass is 351 g/mol. The molecule has 0 saturated carbocycles. The maximum absolute atomic E-state index is 11.4. The van der Waals surface area contributed by atoms with Crippen molar-refractivity contribution in [1.29, 1.82) is 0 Å². The van der Waals surface area contributed by atoms with Crippen molar-refractivity contribution in [3.63, 3.8) is 0 Å². The van der Waals surface area contributed by atoms with E-state index in [0.29, 0.717) is 10.0 Å². The molecular formula is C9H7Br2NO4. The molecule has 1 aromatic carbocycles. The number of hydrogen-bond acceptors (Lipinski definition) is 4. The van der Waals surface area contributed by atoms with Crippen molar-refractivity contribution < 1.29 is 14.5 Å². The minimum Gasteiger partial charge on any atom is -0.465 e. The van der Waals surface area contributed by atoms with Crippen LogP contribution in [0.15, 0.2) is 16.6 Å². The number of halogens is 2. The Kier molecular flexibility index (Phi) is 4.43. The summed E-state index contributed by atoms with van der Waals surface area (Å²) in [5.41, 5.74) is 0.121. The summed E-state index contributed by atoms with van der Waals surface area (Å²) in [6.45, 7) is 0. The first-order chi connectivity index (χ1) is 7.52. The van der Waals surface area contributed by atoms with Crippen molar-refractivity contribution in [2.45, 2.75) is 5.33 Å². The first kappa shape index (κ1) is 13.1. The van der Waals surface area contributed by atoms with E-state index < -0.39 is 10.9 Å². The van der Waals surface area contributed by atoms with Crippen molar-refractivity contribution in [2.75, 3.05) is 7.11 Å². The van der Waals surface area contributed by atoms with Gasteiger partial charge in [0.05, 0.1) is 17.6 Å². The lowest BCUT2D eigenvalue weighted by Crippen LogP contribution is -2.08. The van der Waals surface area contributed by atoms with Crippen LogP contribution in [0.25, 0.3) is 0 Å². The Morgan fingerprint density at radius 2 is 2.19 bits per heavy atom. The highest BCUT2D eigenvalue weighted by Gasteiger charge is 2.26. The van der Waals surface area contributed by atoms with Gasteiger partial charge in [-0.25, -0.2) is 4.79 Å². The Bertz CT molecular complexity index is 447. The lowest BCUT2D eigenvalue weighted by molar-refractivity contribution is -0.385. The first-order valence-electron chi connectivity index (χ1n) is 4.13. The van der Waals surface area contributed by atoms with Crippen molar-refractivity contribution in [3.05, 3.63) is 37.8 Å². The molecule has 0 unspecified atom stereocenters. The fourth-order valence-corrected chi connectivity index (χ4v) is 2.63. The van der Waals surface area contributed by atoms with Crippen LogP contribution in [0.2, 0.25) is 0 Å². The van der Waals surface area contributed by atoms with Gasteiger partial charge in [0.2, 0.25) is 0 Å². The van der Waals surface area contributed by atoms with Crippen molar-refractivity contribution in [2.24, 2.45) is 0 Å². The van der Waals surface area contributed by atoms with Gasteiger partial charge in [-0.15, -0.1) is 0 Å². The van der Waals surface area contributed by atoms with E-state index in [-0.39, 0.29) is 16.6 Å². The number of methoxy groups -OCH3 is 1. The summed E-state index contributed by atoms with van der Waals surface area (Å²) in [4.78, 5) is 21.7. The molecule has 0 fully saturated rings. The molecule has 0 spiro atoms. The van der Waals surface area contributed by atoms with Crippen LogP contribution in [0, 0.1) is 10.1 Å². The number of carbonyl (C=O) groups excluding carboxylic acids is 1. The summed E-state index contributed by atoms with van der Waals surface area (Å²) in [6, 6.07) is 2.94. The number of nitro benzene ring substituents is 1. The lowest BCUT2D eigenvalue weighted by Gasteiger charge is -2.06.